The fourth-order valence-electron chi connectivity index (χ4n) is 9.45. The Hall–Kier alpha value is -1.28. The Morgan fingerprint density at radius 2 is 0.514 bits per heavy atom. The first-order chi connectivity index (χ1) is 34.2. The molecular weight excluding hydrogens is 992 g/mol. The van der Waals surface area contributed by atoms with Crippen molar-refractivity contribution in [2.24, 2.45) is 0 Å². The molecule has 22 aliphatic heterocycles. The van der Waals surface area contributed by atoms with E-state index in [1.165, 1.54) is 6.92 Å². The second kappa shape index (κ2) is 25.0. The molecule has 0 amide bonds. The average Bonchev–Trinajstić information content (AvgIpc) is 3.36. The van der Waals surface area contributed by atoms with Crippen LogP contribution >= 0.6 is 0 Å². The van der Waals surface area contributed by atoms with E-state index >= 15 is 0 Å². The summed E-state index contributed by atoms with van der Waals surface area (Å²) in [4.78, 5) is 0. The third-order valence-corrected chi connectivity index (χ3v) is 13.7. The smallest absolute Gasteiger partial charge is 0.187 e. The van der Waals surface area contributed by atoms with Gasteiger partial charge in [-0.2, -0.15) is 0 Å². The van der Waals surface area contributed by atoms with Crippen LogP contribution in [0.1, 0.15) is 6.92 Å². The van der Waals surface area contributed by atoms with Crippen molar-refractivity contribution in [1.29, 1.82) is 0 Å². The molecule has 32 nitrogen and oxygen atoms in total. The highest BCUT2D eigenvalue weighted by Crippen LogP contribution is 2.38. The average molecular weight is 1060 g/mol. The molecule has 22 saturated heterocycles. The van der Waals surface area contributed by atoms with E-state index in [1.807, 2.05) is 0 Å². The van der Waals surface area contributed by atoms with E-state index in [-0.39, 0.29) is 0 Å². The molecule has 72 heavy (non-hydrogen) atoms. The molecule has 0 aliphatic carbocycles. The standard InChI is InChI=1S/C40H68O32/c1-9(47)10(48)8-60-34-27(59)40-66-16(7-46)33(34)72-39-26(58)21(53)31(14(5-44)65-39)70-37-24(56)19(51)29(12(3-42)63-37)68-35-22(54)17(49)28(11(2-41)61-35)67-36-23(55)18(50)30(13(4-43)62-36)69-38-25(57)20(52)32(71-40)15(6-45)64-38/h9-59H,2-8H2,1H3/t9?,10?,11-,12-,13-,14-,15-,16-,17-,18-,19-,20-,21-,22-,23-,24-,25-,26-,27-,28-,29-,30-,31-,32-,33+,34-,35-,36-,37-,38-,39-,40-/m1/s1. The Labute approximate surface area is 407 Å². The van der Waals surface area contributed by atoms with Gasteiger partial charge < -0.3 is 159 Å². The number of aliphatic hydroxyl groups is 19. The lowest BCUT2D eigenvalue weighted by molar-refractivity contribution is -0.405. The summed E-state index contributed by atoms with van der Waals surface area (Å²) in [6.45, 7) is -5.69. The molecule has 0 aromatic carbocycles. The lowest BCUT2D eigenvalue weighted by Gasteiger charge is -2.51. The van der Waals surface area contributed by atoms with Gasteiger partial charge in [-0.25, -0.2) is 0 Å². The summed E-state index contributed by atoms with van der Waals surface area (Å²) in [6, 6.07) is 0. The van der Waals surface area contributed by atoms with Crippen molar-refractivity contribution in [3.05, 3.63) is 0 Å². The maximum absolute atomic E-state index is 11.8. The van der Waals surface area contributed by atoms with Crippen LogP contribution in [0.15, 0.2) is 0 Å². The van der Waals surface area contributed by atoms with Crippen LogP contribution in [0.2, 0.25) is 0 Å². The fraction of sp³-hybridized carbons (Fsp3) is 1.00. The molecule has 32 atom stereocenters. The van der Waals surface area contributed by atoms with Crippen molar-refractivity contribution >= 4 is 0 Å². The third kappa shape index (κ3) is 11.8. The minimum absolute atomic E-state index is 0.758. The van der Waals surface area contributed by atoms with E-state index < -0.39 is 243 Å². The van der Waals surface area contributed by atoms with E-state index in [0.717, 1.165) is 0 Å². The summed E-state index contributed by atoms with van der Waals surface area (Å²) in [6.07, 6.45) is -62.0. The molecule has 22 rings (SSSR count). The molecule has 0 saturated carbocycles. The minimum Gasteiger partial charge on any atom is -0.394 e. The molecule has 12 bridgehead atoms. The van der Waals surface area contributed by atoms with Crippen LogP contribution in [0.4, 0.5) is 0 Å². The molecule has 420 valence electrons. The zero-order chi connectivity index (χ0) is 52.6. The second-order valence-corrected chi connectivity index (χ2v) is 18.5. The van der Waals surface area contributed by atoms with Crippen LogP contribution in [-0.4, -0.2) is 340 Å². The van der Waals surface area contributed by atoms with Crippen LogP contribution in [0.5, 0.6) is 0 Å². The van der Waals surface area contributed by atoms with Crippen LogP contribution in [0.3, 0.4) is 0 Å². The van der Waals surface area contributed by atoms with Gasteiger partial charge in [-0.05, 0) is 6.92 Å². The van der Waals surface area contributed by atoms with Gasteiger partial charge in [0.15, 0.2) is 37.7 Å². The first-order valence-corrected chi connectivity index (χ1v) is 23.2. The predicted molar refractivity (Wildman–Crippen MR) is 217 cm³/mol. The zero-order valence-corrected chi connectivity index (χ0v) is 38.2. The van der Waals surface area contributed by atoms with E-state index in [2.05, 4.69) is 0 Å². The lowest BCUT2D eigenvalue weighted by Crippen LogP contribution is -2.69. The molecule has 0 radical (unpaired) electrons. The Morgan fingerprint density at radius 1 is 0.306 bits per heavy atom. The number of aliphatic hydroxyl groups excluding tert-OH is 19. The molecule has 22 fully saturated rings. The molecule has 32 heteroatoms. The molecular formula is C40H68O32. The first kappa shape index (κ1) is 58.4. The molecule has 22 heterocycles. The Balaban J connectivity index is 1.22. The fourth-order valence-corrected chi connectivity index (χ4v) is 9.45. The third-order valence-electron chi connectivity index (χ3n) is 13.7. The summed E-state index contributed by atoms with van der Waals surface area (Å²) in [5.41, 5.74) is 0. The summed E-state index contributed by atoms with van der Waals surface area (Å²) >= 11 is 0. The highest BCUT2D eigenvalue weighted by molar-refractivity contribution is 5.01. The van der Waals surface area contributed by atoms with Crippen molar-refractivity contribution in [2.75, 3.05) is 46.2 Å². The maximum Gasteiger partial charge on any atom is 0.187 e. The summed E-state index contributed by atoms with van der Waals surface area (Å²) < 4.78 is 74.7. The normalized spacial score (nSPS) is 52.7. The van der Waals surface area contributed by atoms with Gasteiger partial charge in [-0.15, -0.1) is 0 Å². The van der Waals surface area contributed by atoms with Crippen molar-refractivity contribution in [3.63, 3.8) is 0 Å². The number of hydrogen-bond acceptors (Lipinski definition) is 32. The van der Waals surface area contributed by atoms with Gasteiger partial charge in [0.05, 0.1) is 52.4 Å². The quantitative estimate of drug-likeness (QED) is 0.0966. The zero-order valence-electron chi connectivity index (χ0n) is 38.2. The van der Waals surface area contributed by atoms with Gasteiger partial charge in [0.1, 0.15) is 153 Å². The van der Waals surface area contributed by atoms with E-state index in [1.54, 1.807) is 0 Å². The Bertz CT molecular complexity index is 1650. The summed E-state index contributed by atoms with van der Waals surface area (Å²) in [5.74, 6) is 0. The Morgan fingerprint density at radius 3 is 0.736 bits per heavy atom. The van der Waals surface area contributed by atoms with Crippen molar-refractivity contribution in [3.8, 4) is 0 Å². The molecule has 0 aromatic rings. The molecule has 19 N–H and O–H groups in total. The highest BCUT2D eigenvalue weighted by atomic mass is 16.8. The lowest BCUT2D eigenvalue weighted by atomic mass is 9.94. The van der Waals surface area contributed by atoms with E-state index in [0.29, 0.717) is 0 Å². The number of rotatable bonds is 10. The van der Waals surface area contributed by atoms with Crippen LogP contribution in [-0.2, 0) is 61.6 Å². The van der Waals surface area contributed by atoms with E-state index in [9.17, 15) is 97.0 Å². The van der Waals surface area contributed by atoms with Gasteiger partial charge in [0.2, 0.25) is 0 Å². The number of hydrogen-bond donors (Lipinski definition) is 19. The van der Waals surface area contributed by atoms with Gasteiger partial charge in [-0.3, -0.25) is 0 Å². The largest absolute Gasteiger partial charge is 0.394 e. The minimum atomic E-state index is -2.19. The van der Waals surface area contributed by atoms with Crippen LogP contribution in [0, 0.1) is 0 Å². The van der Waals surface area contributed by atoms with Crippen molar-refractivity contribution in [1.82, 2.24) is 0 Å². The highest BCUT2D eigenvalue weighted by Gasteiger charge is 2.59. The SMILES string of the molecule is CC(O)C(O)CO[C@@H]1[C@@H](O)[C@H]2O[C@H]3[C@H](O)[C@@H](O)[C@@H](O[C@H]4[C@H](O)[C@@H](O)[C@@H](O[C@H]5[C@H](O)[C@@H](O)[C@@H](O[C@H]6[C@H](O)[C@@H](O)[C@@H](O[C@H]7[C@H](O)[C@@H](O)[C@@H](O[C@H]1[C@@H](CO)O2)O[C@@H]7CO)O[C@@H]6CO)O[C@@H]5CO)O[C@@H]4CO)O[C@@H]3CO. The second-order valence-electron chi connectivity index (χ2n) is 18.5. The molecule has 0 spiro atoms. The van der Waals surface area contributed by atoms with Crippen LogP contribution in [0.25, 0.3) is 0 Å². The number of ether oxygens (including phenoxy) is 13. The molecule has 0 aromatic heterocycles. The van der Waals surface area contributed by atoms with Gasteiger partial charge in [-0.1, -0.05) is 0 Å². The van der Waals surface area contributed by atoms with Gasteiger partial charge in [0, 0.05) is 0 Å². The predicted octanol–water partition coefficient (Wildman–Crippen LogP) is -13.3. The topological polar surface area (TPSA) is 504 Å². The monoisotopic (exact) mass is 1060 g/mol. The first-order valence-electron chi connectivity index (χ1n) is 23.2. The summed E-state index contributed by atoms with van der Waals surface area (Å²) in [5, 5.41) is 208. The van der Waals surface area contributed by atoms with Crippen molar-refractivity contribution < 1.29 is 159 Å². The van der Waals surface area contributed by atoms with E-state index in [4.69, 9.17) is 61.6 Å². The van der Waals surface area contributed by atoms with Crippen LogP contribution < -0.4 is 0 Å². The molecule has 2 unspecified atom stereocenters. The maximum atomic E-state index is 11.8. The van der Waals surface area contributed by atoms with Gasteiger partial charge >= 0.3 is 0 Å². The van der Waals surface area contributed by atoms with Crippen molar-refractivity contribution in [2.45, 2.75) is 203 Å². The molecule has 22 aliphatic rings. The summed E-state index contributed by atoms with van der Waals surface area (Å²) in [7, 11) is 0. The Kier molecular flexibility index (Phi) is 20.3. The van der Waals surface area contributed by atoms with Gasteiger partial charge in [0.25, 0.3) is 0 Å².